The van der Waals surface area contributed by atoms with Gasteiger partial charge in [-0.2, -0.15) is 0 Å². The number of carbonyl (C=O) groups is 1. The standard InChI is InChI=1S/C15H18N4O4S/c1-3-4-7-18-14(21)16-17-15(18)24-9-13(20)11-6-5-10(2)12(8-11)19(22)23/h5-6,8H,3-4,7,9H2,1-2H3,(H,16,21). The van der Waals surface area contributed by atoms with E-state index in [4.69, 9.17) is 0 Å². The van der Waals surface area contributed by atoms with Crippen molar-refractivity contribution in [3.63, 3.8) is 0 Å². The van der Waals surface area contributed by atoms with Crippen molar-refractivity contribution in [3.05, 3.63) is 49.9 Å². The SMILES string of the molecule is CCCCn1c(SCC(=O)c2ccc(C)c([N+](=O)[O-])c2)n[nH]c1=O. The first-order valence-corrected chi connectivity index (χ1v) is 8.48. The molecule has 0 saturated heterocycles. The van der Waals surface area contributed by atoms with Crippen LogP contribution in [0.3, 0.4) is 0 Å². The Hall–Kier alpha value is -2.42. The van der Waals surface area contributed by atoms with Crippen molar-refractivity contribution in [2.75, 3.05) is 5.75 Å². The Balaban J connectivity index is 2.10. The third-order valence-electron chi connectivity index (χ3n) is 3.52. The number of H-pyrrole nitrogens is 1. The van der Waals surface area contributed by atoms with E-state index in [1.165, 1.54) is 10.6 Å². The molecule has 0 saturated carbocycles. The third kappa shape index (κ3) is 4.10. The number of unbranched alkanes of at least 4 members (excludes halogenated alkanes) is 1. The number of aromatic amines is 1. The van der Waals surface area contributed by atoms with Crippen LogP contribution in [0.1, 0.15) is 35.7 Å². The van der Waals surface area contributed by atoms with Crippen molar-refractivity contribution in [1.29, 1.82) is 0 Å². The van der Waals surface area contributed by atoms with E-state index >= 15 is 0 Å². The number of nitro groups is 1. The van der Waals surface area contributed by atoms with Crippen LogP contribution in [0.25, 0.3) is 0 Å². The Morgan fingerprint density at radius 3 is 2.88 bits per heavy atom. The van der Waals surface area contributed by atoms with Gasteiger partial charge in [-0.15, -0.1) is 5.10 Å². The predicted octanol–water partition coefficient (Wildman–Crippen LogP) is 2.56. The number of nitro benzene ring substituents is 1. The molecule has 1 aromatic heterocycles. The van der Waals surface area contributed by atoms with Gasteiger partial charge in [-0.3, -0.25) is 19.5 Å². The van der Waals surface area contributed by atoms with Gasteiger partial charge >= 0.3 is 5.69 Å². The van der Waals surface area contributed by atoms with E-state index in [0.717, 1.165) is 24.6 Å². The van der Waals surface area contributed by atoms with Crippen LogP contribution in [0.15, 0.2) is 28.2 Å². The second-order valence-electron chi connectivity index (χ2n) is 5.29. The molecule has 0 fully saturated rings. The quantitative estimate of drug-likeness (QED) is 0.339. The molecule has 0 radical (unpaired) electrons. The molecule has 0 aliphatic heterocycles. The first-order valence-electron chi connectivity index (χ1n) is 7.50. The minimum Gasteiger partial charge on any atom is -0.293 e. The number of hydrogen-bond donors (Lipinski definition) is 1. The highest BCUT2D eigenvalue weighted by Crippen LogP contribution is 2.22. The van der Waals surface area contributed by atoms with E-state index in [0.29, 0.717) is 17.3 Å². The molecule has 2 rings (SSSR count). The average molecular weight is 350 g/mol. The van der Waals surface area contributed by atoms with Gasteiger partial charge in [0.25, 0.3) is 5.69 Å². The minimum atomic E-state index is -0.505. The van der Waals surface area contributed by atoms with Crippen LogP contribution >= 0.6 is 11.8 Å². The molecule has 0 atom stereocenters. The smallest absolute Gasteiger partial charge is 0.293 e. The molecule has 1 N–H and O–H groups in total. The van der Waals surface area contributed by atoms with Gasteiger partial charge in [0, 0.05) is 23.7 Å². The molecular weight excluding hydrogens is 332 g/mol. The molecule has 0 unspecified atom stereocenters. The lowest BCUT2D eigenvalue weighted by molar-refractivity contribution is -0.385. The minimum absolute atomic E-state index is 0.0522. The van der Waals surface area contributed by atoms with Gasteiger partial charge in [-0.1, -0.05) is 37.2 Å². The monoisotopic (exact) mass is 350 g/mol. The fourth-order valence-electron chi connectivity index (χ4n) is 2.12. The van der Waals surface area contributed by atoms with Gasteiger partial charge in [0.05, 0.1) is 10.7 Å². The van der Waals surface area contributed by atoms with Crippen molar-refractivity contribution in [2.24, 2.45) is 0 Å². The second kappa shape index (κ2) is 7.91. The number of ketones is 1. The molecule has 24 heavy (non-hydrogen) atoms. The van der Waals surface area contributed by atoms with Crippen molar-refractivity contribution in [3.8, 4) is 0 Å². The predicted molar refractivity (Wildman–Crippen MR) is 90.6 cm³/mol. The van der Waals surface area contributed by atoms with Crippen LogP contribution in [-0.2, 0) is 6.54 Å². The van der Waals surface area contributed by atoms with Crippen LogP contribution in [-0.4, -0.2) is 31.2 Å². The number of rotatable bonds is 8. The number of carbonyl (C=O) groups excluding carboxylic acids is 1. The number of nitrogens with one attached hydrogen (secondary N) is 1. The van der Waals surface area contributed by atoms with Gasteiger partial charge in [-0.05, 0) is 13.3 Å². The molecule has 0 aliphatic carbocycles. The Morgan fingerprint density at radius 1 is 1.46 bits per heavy atom. The summed E-state index contributed by atoms with van der Waals surface area (Å²) >= 11 is 1.14. The summed E-state index contributed by atoms with van der Waals surface area (Å²) in [4.78, 5) is 34.4. The molecule has 1 aromatic carbocycles. The van der Waals surface area contributed by atoms with Gasteiger partial charge in [0.2, 0.25) is 0 Å². The Labute approximate surface area is 142 Å². The van der Waals surface area contributed by atoms with E-state index in [9.17, 15) is 19.7 Å². The lowest BCUT2D eigenvalue weighted by Gasteiger charge is -2.05. The highest BCUT2D eigenvalue weighted by Gasteiger charge is 2.16. The van der Waals surface area contributed by atoms with Crippen LogP contribution in [0.5, 0.6) is 0 Å². The van der Waals surface area contributed by atoms with Crippen molar-refractivity contribution < 1.29 is 9.72 Å². The number of hydrogen-bond acceptors (Lipinski definition) is 6. The summed E-state index contributed by atoms with van der Waals surface area (Å²) < 4.78 is 1.50. The van der Waals surface area contributed by atoms with Crippen molar-refractivity contribution in [1.82, 2.24) is 14.8 Å². The maximum atomic E-state index is 12.3. The molecule has 128 valence electrons. The van der Waals surface area contributed by atoms with Gasteiger partial charge < -0.3 is 0 Å². The first kappa shape index (κ1) is 17.9. The van der Waals surface area contributed by atoms with Gasteiger partial charge in [0.1, 0.15) is 0 Å². The molecule has 9 heteroatoms. The number of thioether (sulfide) groups is 1. The normalized spacial score (nSPS) is 10.8. The number of Topliss-reactive ketones (excluding diaryl/α,β-unsaturated/α-hetero) is 1. The van der Waals surface area contributed by atoms with E-state index in [1.807, 2.05) is 6.92 Å². The van der Waals surface area contributed by atoms with Gasteiger partial charge in [-0.25, -0.2) is 9.89 Å². The highest BCUT2D eigenvalue weighted by molar-refractivity contribution is 7.99. The lowest BCUT2D eigenvalue weighted by Crippen LogP contribution is -2.18. The van der Waals surface area contributed by atoms with Gasteiger partial charge in [0.15, 0.2) is 10.9 Å². The number of benzene rings is 1. The van der Waals surface area contributed by atoms with Crippen LogP contribution in [0, 0.1) is 17.0 Å². The highest BCUT2D eigenvalue weighted by atomic mass is 32.2. The summed E-state index contributed by atoms with van der Waals surface area (Å²) in [5, 5.41) is 17.7. The number of nitrogens with zero attached hydrogens (tertiary/aromatic N) is 3. The fraction of sp³-hybridized carbons (Fsp3) is 0.400. The number of aryl methyl sites for hydroxylation is 1. The third-order valence-corrected chi connectivity index (χ3v) is 4.50. The summed E-state index contributed by atoms with van der Waals surface area (Å²) in [6.07, 6.45) is 1.78. The maximum Gasteiger partial charge on any atom is 0.343 e. The van der Waals surface area contributed by atoms with Crippen LogP contribution in [0.2, 0.25) is 0 Å². The maximum absolute atomic E-state index is 12.3. The Kier molecular flexibility index (Phi) is 5.91. The molecule has 0 amide bonds. The van der Waals surface area contributed by atoms with E-state index < -0.39 is 4.92 Å². The molecule has 8 nitrogen and oxygen atoms in total. The zero-order valence-electron chi connectivity index (χ0n) is 13.4. The molecular formula is C15H18N4O4S. The second-order valence-corrected chi connectivity index (χ2v) is 6.23. The molecule has 0 spiro atoms. The van der Waals surface area contributed by atoms with Crippen LogP contribution < -0.4 is 5.69 Å². The first-order chi connectivity index (χ1) is 11.4. The number of aromatic nitrogens is 3. The molecule has 0 bridgehead atoms. The zero-order chi connectivity index (χ0) is 17.7. The summed E-state index contributed by atoms with van der Waals surface area (Å²) in [5.74, 6) is -0.197. The van der Waals surface area contributed by atoms with E-state index in [2.05, 4.69) is 10.2 Å². The summed E-state index contributed by atoms with van der Waals surface area (Å²) in [6, 6.07) is 4.41. The average Bonchev–Trinajstić information content (AvgIpc) is 2.90. The van der Waals surface area contributed by atoms with Crippen molar-refractivity contribution in [2.45, 2.75) is 38.4 Å². The largest absolute Gasteiger partial charge is 0.343 e. The summed E-state index contributed by atoms with van der Waals surface area (Å²) in [5.41, 5.74) is 0.401. The summed E-state index contributed by atoms with van der Waals surface area (Å²) in [6.45, 7) is 4.18. The fourth-order valence-corrected chi connectivity index (χ4v) is 2.99. The molecule has 2 aromatic rings. The lowest BCUT2D eigenvalue weighted by atomic mass is 10.1. The Morgan fingerprint density at radius 2 is 2.21 bits per heavy atom. The van der Waals surface area contributed by atoms with Crippen LogP contribution in [0.4, 0.5) is 5.69 Å². The topological polar surface area (TPSA) is 111 Å². The molecule has 1 heterocycles. The van der Waals surface area contributed by atoms with E-state index in [-0.39, 0.29) is 28.5 Å². The van der Waals surface area contributed by atoms with Crippen molar-refractivity contribution >= 4 is 23.2 Å². The van der Waals surface area contributed by atoms with E-state index in [1.54, 1.807) is 19.1 Å². The molecule has 0 aliphatic rings. The zero-order valence-corrected chi connectivity index (χ0v) is 14.3. The Bertz CT molecular complexity index is 812. The summed E-state index contributed by atoms with van der Waals surface area (Å²) in [7, 11) is 0.